The summed E-state index contributed by atoms with van der Waals surface area (Å²) in [6.45, 7) is 1.31. The molecule has 0 unspecified atom stereocenters. The minimum Gasteiger partial charge on any atom is -0.383 e. The number of methoxy groups -OCH3 is 1. The molecule has 7 nitrogen and oxygen atoms in total. The third-order valence-corrected chi connectivity index (χ3v) is 4.06. The van der Waals surface area contributed by atoms with Crippen molar-refractivity contribution in [3.63, 3.8) is 0 Å². The Kier molecular flexibility index (Phi) is 3.25. The average molecular weight is 291 g/mol. The smallest absolute Gasteiger partial charge is 0.253 e. The Labute approximate surface area is 118 Å². The Bertz CT molecular complexity index is 757. The molecule has 3 rings (SSSR count). The Morgan fingerprint density at radius 2 is 2.25 bits per heavy atom. The van der Waals surface area contributed by atoms with E-state index in [0.717, 1.165) is 15.3 Å². The molecule has 0 radical (unpaired) electrons. The van der Waals surface area contributed by atoms with Crippen LogP contribution in [0.3, 0.4) is 0 Å². The number of fused-ring (bicyclic) bond motifs is 1. The lowest BCUT2D eigenvalue weighted by molar-refractivity contribution is 0.100. The predicted octanol–water partition coefficient (Wildman–Crippen LogP) is 1.00. The molecule has 3 aromatic heterocycles. The van der Waals surface area contributed by atoms with Gasteiger partial charge in [0, 0.05) is 25.1 Å². The average Bonchev–Trinajstić information content (AvgIpc) is 3.09. The van der Waals surface area contributed by atoms with Crippen molar-refractivity contribution < 1.29 is 9.53 Å². The summed E-state index contributed by atoms with van der Waals surface area (Å²) >= 11 is 1.46. The summed E-state index contributed by atoms with van der Waals surface area (Å²) in [6, 6.07) is 0. The number of primary amides is 1. The second kappa shape index (κ2) is 5.06. The van der Waals surface area contributed by atoms with Crippen molar-refractivity contribution in [2.45, 2.75) is 6.54 Å². The number of thiazole rings is 1. The summed E-state index contributed by atoms with van der Waals surface area (Å²) in [7, 11) is 1.66. The molecule has 2 N–H and O–H groups in total. The quantitative estimate of drug-likeness (QED) is 0.759. The molecule has 0 aliphatic carbocycles. The van der Waals surface area contributed by atoms with E-state index in [2.05, 4.69) is 10.2 Å². The van der Waals surface area contributed by atoms with Crippen LogP contribution in [0, 0.1) is 0 Å². The zero-order chi connectivity index (χ0) is 14.1. The van der Waals surface area contributed by atoms with Crippen LogP contribution in [0.15, 0.2) is 24.8 Å². The molecular weight excluding hydrogens is 278 g/mol. The number of nitrogens with two attached hydrogens (primary N) is 1. The Balaban J connectivity index is 1.93. The second-order valence-electron chi connectivity index (χ2n) is 4.25. The monoisotopic (exact) mass is 291 g/mol. The fourth-order valence-electron chi connectivity index (χ4n) is 1.89. The number of ether oxygens (including phenoxy) is 1. The van der Waals surface area contributed by atoms with Gasteiger partial charge in [-0.05, 0) is 0 Å². The highest BCUT2D eigenvalue weighted by molar-refractivity contribution is 7.21. The van der Waals surface area contributed by atoms with E-state index in [4.69, 9.17) is 10.5 Å². The van der Waals surface area contributed by atoms with E-state index in [1.807, 2.05) is 17.1 Å². The summed E-state index contributed by atoms with van der Waals surface area (Å²) in [5.74, 6) is -0.468. The minimum absolute atomic E-state index is 0.438. The van der Waals surface area contributed by atoms with Crippen molar-refractivity contribution in [1.29, 1.82) is 0 Å². The Morgan fingerprint density at radius 1 is 1.40 bits per heavy atom. The number of carbonyl (C=O) groups is 1. The Hall–Kier alpha value is -2.19. The van der Waals surface area contributed by atoms with Gasteiger partial charge in [-0.3, -0.25) is 9.48 Å². The first-order valence-corrected chi connectivity index (χ1v) is 6.79. The van der Waals surface area contributed by atoms with Crippen LogP contribution in [0.4, 0.5) is 0 Å². The van der Waals surface area contributed by atoms with Crippen LogP contribution in [0.25, 0.3) is 15.3 Å². The summed E-state index contributed by atoms with van der Waals surface area (Å²) in [5, 5.41) is 8.39. The fourth-order valence-corrected chi connectivity index (χ4v) is 2.93. The highest BCUT2D eigenvalue weighted by Gasteiger charge is 2.14. The van der Waals surface area contributed by atoms with Crippen LogP contribution in [0.5, 0.6) is 0 Å². The largest absolute Gasteiger partial charge is 0.383 e. The molecule has 0 bridgehead atoms. The molecule has 0 aliphatic rings. The number of rotatable bonds is 5. The van der Waals surface area contributed by atoms with Crippen LogP contribution >= 0.6 is 11.3 Å². The van der Waals surface area contributed by atoms with Gasteiger partial charge in [0.2, 0.25) is 0 Å². The van der Waals surface area contributed by atoms with E-state index in [9.17, 15) is 4.79 Å². The third kappa shape index (κ3) is 2.19. The molecule has 0 spiro atoms. The van der Waals surface area contributed by atoms with Gasteiger partial charge in [-0.15, -0.1) is 11.3 Å². The van der Waals surface area contributed by atoms with Crippen molar-refractivity contribution in [2.24, 2.45) is 5.73 Å². The summed E-state index contributed by atoms with van der Waals surface area (Å²) < 4.78 is 8.49. The van der Waals surface area contributed by atoms with E-state index < -0.39 is 5.91 Å². The normalized spacial score (nSPS) is 11.2. The Morgan fingerprint density at radius 3 is 3.00 bits per heavy atom. The van der Waals surface area contributed by atoms with Gasteiger partial charge >= 0.3 is 0 Å². The van der Waals surface area contributed by atoms with Gasteiger partial charge in [0.25, 0.3) is 5.91 Å². The molecule has 3 aromatic rings. The molecule has 0 atom stereocenters. The van der Waals surface area contributed by atoms with Gasteiger partial charge in [0.05, 0.1) is 36.0 Å². The minimum atomic E-state index is -0.468. The van der Waals surface area contributed by atoms with Crippen molar-refractivity contribution in [1.82, 2.24) is 19.4 Å². The summed E-state index contributed by atoms with van der Waals surface area (Å²) in [4.78, 5) is 13.0. The second-order valence-corrected chi connectivity index (χ2v) is 5.28. The molecular formula is C12H13N5O2S. The molecule has 20 heavy (non-hydrogen) atoms. The molecule has 104 valence electrons. The van der Waals surface area contributed by atoms with Gasteiger partial charge in [-0.1, -0.05) is 0 Å². The van der Waals surface area contributed by atoms with E-state index >= 15 is 0 Å². The van der Waals surface area contributed by atoms with Crippen molar-refractivity contribution in [2.75, 3.05) is 13.7 Å². The fraction of sp³-hybridized carbons (Fsp3) is 0.250. The van der Waals surface area contributed by atoms with Crippen LogP contribution in [-0.2, 0) is 11.3 Å². The topological polar surface area (TPSA) is 87.4 Å². The van der Waals surface area contributed by atoms with Crippen molar-refractivity contribution in [3.05, 3.63) is 30.4 Å². The highest BCUT2D eigenvalue weighted by atomic mass is 32.1. The van der Waals surface area contributed by atoms with Crippen LogP contribution < -0.4 is 5.73 Å². The lowest BCUT2D eigenvalue weighted by atomic mass is 10.3. The van der Waals surface area contributed by atoms with E-state index in [1.54, 1.807) is 17.8 Å². The molecule has 8 heteroatoms. The zero-order valence-corrected chi connectivity index (χ0v) is 11.6. The maximum atomic E-state index is 11.3. The number of hydrogen-bond acceptors (Lipinski definition) is 5. The summed E-state index contributed by atoms with van der Waals surface area (Å²) in [6.07, 6.45) is 7.07. The lowest BCUT2D eigenvalue weighted by Crippen LogP contribution is -2.09. The number of amides is 1. The first-order valence-electron chi connectivity index (χ1n) is 5.98. The molecule has 0 aliphatic heterocycles. The first-order chi connectivity index (χ1) is 9.69. The number of hydrogen-bond donors (Lipinski definition) is 1. The van der Waals surface area contributed by atoms with E-state index in [1.165, 1.54) is 17.5 Å². The van der Waals surface area contributed by atoms with Crippen molar-refractivity contribution >= 4 is 22.1 Å². The van der Waals surface area contributed by atoms with Gasteiger partial charge in [0.1, 0.15) is 4.83 Å². The number of nitrogens with zero attached hydrogens (tertiary/aromatic N) is 4. The molecule has 1 amide bonds. The molecule has 0 fully saturated rings. The van der Waals surface area contributed by atoms with E-state index in [0.29, 0.717) is 18.7 Å². The van der Waals surface area contributed by atoms with E-state index in [-0.39, 0.29) is 0 Å². The van der Waals surface area contributed by atoms with Crippen LogP contribution in [-0.4, -0.2) is 39.0 Å². The molecule has 0 saturated heterocycles. The number of carbonyl (C=O) groups excluding carboxylic acids is 1. The highest BCUT2D eigenvalue weighted by Crippen LogP contribution is 2.29. The van der Waals surface area contributed by atoms with Crippen LogP contribution in [0.1, 0.15) is 10.4 Å². The number of aromatic nitrogens is 4. The zero-order valence-electron chi connectivity index (χ0n) is 10.8. The standard InChI is InChI=1S/C12H13N5O2S/c1-19-3-2-16-6-8(4-14-16)10-7-17-12(20-10)9(5-15-17)11(13)18/h4-7H,2-3H2,1H3,(H2,13,18). The van der Waals surface area contributed by atoms with Gasteiger partial charge in [0.15, 0.2) is 0 Å². The lowest BCUT2D eigenvalue weighted by Gasteiger charge is -1.97. The van der Waals surface area contributed by atoms with Crippen molar-refractivity contribution in [3.8, 4) is 10.4 Å². The predicted molar refractivity (Wildman–Crippen MR) is 74.7 cm³/mol. The maximum Gasteiger partial charge on any atom is 0.253 e. The van der Waals surface area contributed by atoms with Gasteiger partial charge < -0.3 is 10.5 Å². The molecule has 3 heterocycles. The molecule has 0 aromatic carbocycles. The van der Waals surface area contributed by atoms with Gasteiger partial charge in [-0.25, -0.2) is 4.52 Å². The first kappa shape index (κ1) is 12.8. The van der Waals surface area contributed by atoms with Crippen LogP contribution in [0.2, 0.25) is 0 Å². The molecule has 0 saturated carbocycles. The third-order valence-electron chi connectivity index (χ3n) is 2.90. The summed E-state index contributed by atoms with van der Waals surface area (Å²) in [5.41, 5.74) is 6.73. The maximum absolute atomic E-state index is 11.3. The SMILES string of the molecule is COCCn1cc(-c2cn3ncc(C(N)=O)c3s2)cn1. The van der Waals surface area contributed by atoms with Gasteiger partial charge in [-0.2, -0.15) is 10.2 Å².